The number of hydrogen-bond acceptors (Lipinski definition) is 4. The van der Waals surface area contributed by atoms with Gasteiger partial charge in [-0.15, -0.1) is 0 Å². The topological polar surface area (TPSA) is 51.4 Å². The number of nitrogen functional groups attached to an aromatic ring is 1. The van der Waals surface area contributed by atoms with Gasteiger partial charge in [0.05, 0.1) is 30.6 Å². The number of aromatic nitrogens is 1. The molecular formula is C13H19N3O. The summed E-state index contributed by atoms with van der Waals surface area (Å²) in [5.74, 6) is 1.04. The quantitative estimate of drug-likeness (QED) is 0.803. The van der Waals surface area contributed by atoms with Gasteiger partial charge in [0.1, 0.15) is 5.82 Å². The molecule has 2 fully saturated rings. The summed E-state index contributed by atoms with van der Waals surface area (Å²) < 4.78 is 5.86. The van der Waals surface area contributed by atoms with Crippen molar-refractivity contribution in [1.29, 1.82) is 0 Å². The van der Waals surface area contributed by atoms with E-state index in [-0.39, 0.29) is 0 Å². The molecule has 2 N–H and O–H groups in total. The highest BCUT2D eigenvalue weighted by Gasteiger charge is 2.34. The maximum atomic E-state index is 5.86. The Labute approximate surface area is 102 Å². The highest BCUT2D eigenvalue weighted by molar-refractivity contribution is 5.47. The molecule has 2 heterocycles. The van der Waals surface area contributed by atoms with E-state index in [4.69, 9.17) is 10.5 Å². The van der Waals surface area contributed by atoms with Gasteiger partial charge < -0.3 is 15.4 Å². The van der Waals surface area contributed by atoms with Gasteiger partial charge in [-0.1, -0.05) is 12.8 Å². The smallest absolute Gasteiger partial charge is 0.129 e. The minimum atomic E-state index is 0.400. The van der Waals surface area contributed by atoms with Gasteiger partial charge in [-0.05, 0) is 25.0 Å². The van der Waals surface area contributed by atoms with E-state index >= 15 is 0 Å². The molecule has 1 saturated heterocycles. The maximum Gasteiger partial charge on any atom is 0.129 e. The minimum absolute atomic E-state index is 0.400. The van der Waals surface area contributed by atoms with Crippen LogP contribution in [0.4, 0.5) is 11.5 Å². The van der Waals surface area contributed by atoms with Crippen molar-refractivity contribution >= 4 is 11.5 Å². The molecule has 1 aliphatic heterocycles. The van der Waals surface area contributed by atoms with Crippen LogP contribution in [0.1, 0.15) is 25.7 Å². The molecule has 2 atom stereocenters. The van der Waals surface area contributed by atoms with E-state index in [1.807, 2.05) is 12.1 Å². The molecule has 0 radical (unpaired) electrons. The average molecular weight is 233 g/mol. The summed E-state index contributed by atoms with van der Waals surface area (Å²) in [6.07, 6.45) is 7.15. The molecule has 0 bridgehead atoms. The van der Waals surface area contributed by atoms with E-state index in [1.54, 1.807) is 6.20 Å². The molecule has 0 spiro atoms. The first kappa shape index (κ1) is 10.8. The van der Waals surface area contributed by atoms with Crippen molar-refractivity contribution in [3.63, 3.8) is 0 Å². The molecule has 17 heavy (non-hydrogen) atoms. The minimum Gasteiger partial charge on any atom is -0.397 e. The largest absolute Gasteiger partial charge is 0.397 e. The lowest BCUT2D eigenvalue weighted by atomic mass is 9.90. The third-order valence-corrected chi connectivity index (χ3v) is 3.80. The van der Waals surface area contributed by atoms with Crippen molar-refractivity contribution in [3.05, 3.63) is 18.3 Å². The first-order valence-electron chi connectivity index (χ1n) is 6.44. The monoisotopic (exact) mass is 233 g/mol. The van der Waals surface area contributed by atoms with Gasteiger partial charge in [-0.2, -0.15) is 0 Å². The first-order valence-corrected chi connectivity index (χ1v) is 6.44. The van der Waals surface area contributed by atoms with E-state index in [2.05, 4.69) is 9.88 Å². The Morgan fingerprint density at radius 2 is 2.18 bits per heavy atom. The third-order valence-electron chi connectivity index (χ3n) is 3.80. The summed E-state index contributed by atoms with van der Waals surface area (Å²) in [6, 6.07) is 4.45. The van der Waals surface area contributed by atoms with Crippen LogP contribution in [0.15, 0.2) is 18.3 Å². The summed E-state index contributed by atoms with van der Waals surface area (Å²) in [5, 5.41) is 0. The van der Waals surface area contributed by atoms with Crippen LogP contribution in [0.5, 0.6) is 0 Å². The zero-order valence-corrected chi connectivity index (χ0v) is 10.0. The number of morpholine rings is 1. The Hall–Kier alpha value is -1.29. The lowest BCUT2D eigenvalue weighted by Crippen LogP contribution is -2.53. The summed E-state index contributed by atoms with van der Waals surface area (Å²) >= 11 is 0. The van der Waals surface area contributed by atoms with Gasteiger partial charge in [0.2, 0.25) is 0 Å². The van der Waals surface area contributed by atoms with Crippen LogP contribution in [0.2, 0.25) is 0 Å². The Morgan fingerprint density at radius 3 is 3.00 bits per heavy atom. The van der Waals surface area contributed by atoms with Crippen LogP contribution >= 0.6 is 0 Å². The average Bonchev–Trinajstić information content (AvgIpc) is 2.39. The molecule has 0 amide bonds. The Bertz CT molecular complexity index is 377. The number of nitrogens with two attached hydrogens (primary N) is 1. The maximum absolute atomic E-state index is 5.86. The summed E-state index contributed by atoms with van der Waals surface area (Å²) in [6.45, 7) is 1.76. The van der Waals surface area contributed by atoms with Crippen molar-refractivity contribution in [1.82, 2.24) is 4.98 Å². The van der Waals surface area contributed by atoms with Crippen LogP contribution in [-0.2, 0) is 4.74 Å². The van der Waals surface area contributed by atoms with E-state index in [0.29, 0.717) is 12.1 Å². The van der Waals surface area contributed by atoms with Crippen molar-refractivity contribution in [3.8, 4) is 0 Å². The van der Waals surface area contributed by atoms with Crippen LogP contribution < -0.4 is 10.6 Å². The second-order valence-electron chi connectivity index (χ2n) is 4.90. The fourth-order valence-electron chi connectivity index (χ4n) is 2.95. The second kappa shape index (κ2) is 4.53. The number of fused-ring (bicyclic) bond motifs is 1. The van der Waals surface area contributed by atoms with Crippen LogP contribution in [0.25, 0.3) is 0 Å². The molecule has 4 nitrogen and oxygen atoms in total. The molecule has 1 aliphatic carbocycles. The number of pyridine rings is 1. The second-order valence-corrected chi connectivity index (χ2v) is 4.90. The Morgan fingerprint density at radius 1 is 1.29 bits per heavy atom. The van der Waals surface area contributed by atoms with E-state index in [1.165, 1.54) is 25.7 Å². The fourth-order valence-corrected chi connectivity index (χ4v) is 2.95. The summed E-state index contributed by atoms with van der Waals surface area (Å²) in [4.78, 5) is 6.83. The lowest BCUT2D eigenvalue weighted by molar-refractivity contribution is -0.00898. The van der Waals surface area contributed by atoms with Crippen molar-refractivity contribution in [2.24, 2.45) is 0 Å². The molecule has 2 unspecified atom stereocenters. The number of hydrogen-bond donors (Lipinski definition) is 1. The van der Waals surface area contributed by atoms with Crippen LogP contribution in [-0.4, -0.2) is 30.3 Å². The number of ether oxygens (including phenoxy) is 1. The van der Waals surface area contributed by atoms with E-state index < -0.39 is 0 Å². The Balaban J connectivity index is 1.83. The van der Waals surface area contributed by atoms with E-state index in [9.17, 15) is 0 Å². The molecular weight excluding hydrogens is 214 g/mol. The van der Waals surface area contributed by atoms with Gasteiger partial charge in [-0.3, -0.25) is 0 Å². The number of anilines is 2. The normalized spacial score (nSPS) is 28.8. The highest BCUT2D eigenvalue weighted by atomic mass is 16.5. The van der Waals surface area contributed by atoms with Gasteiger partial charge in [0.15, 0.2) is 0 Å². The van der Waals surface area contributed by atoms with Crippen molar-refractivity contribution in [2.75, 3.05) is 23.8 Å². The van der Waals surface area contributed by atoms with E-state index in [0.717, 1.165) is 24.7 Å². The molecule has 1 saturated carbocycles. The third kappa shape index (κ3) is 2.09. The van der Waals surface area contributed by atoms with Gasteiger partial charge in [0.25, 0.3) is 0 Å². The summed E-state index contributed by atoms with van der Waals surface area (Å²) in [5.41, 5.74) is 6.41. The number of rotatable bonds is 1. The molecule has 92 valence electrons. The predicted octanol–water partition coefficient (Wildman–Crippen LogP) is 1.81. The Kier molecular flexibility index (Phi) is 2.89. The van der Waals surface area contributed by atoms with Crippen LogP contribution in [0, 0.1) is 0 Å². The van der Waals surface area contributed by atoms with Crippen LogP contribution in [0.3, 0.4) is 0 Å². The molecule has 2 aliphatic rings. The van der Waals surface area contributed by atoms with Crippen molar-refractivity contribution in [2.45, 2.75) is 37.8 Å². The first-order chi connectivity index (χ1) is 8.34. The van der Waals surface area contributed by atoms with Gasteiger partial charge in [0, 0.05) is 6.54 Å². The molecule has 1 aromatic heterocycles. The van der Waals surface area contributed by atoms with Gasteiger partial charge >= 0.3 is 0 Å². The molecule has 3 rings (SSSR count). The lowest BCUT2D eigenvalue weighted by Gasteiger charge is -2.44. The zero-order valence-electron chi connectivity index (χ0n) is 10.0. The summed E-state index contributed by atoms with van der Waals surface area (Å²) in [7, 11) is 0. The standard InChI is InChI=1S/C13H19N3O/c14-10-5-6-13(15-9-10)16-7-8-17-12-4-2-1-3-11(12)16/h5-6,9,11-12H,1-4,7-8,14H2. The fraction of sp³-hybridized carbons (Fsp3) is 0.615. The zero-order chi connectivity index (χ0) is 11.7. The molecule has 4 heteroatoms. The highest BCUT2D eigenvalue weighted by Crippen LogP contribution is 2.31. The van der Waals surface area contributed by atoms with Crippen molar-refractivity contribution < 1.29 is 4.74 Å². The van der Waals surface area contributed by atoms with Gasteiger partial charge in [-0.25, -0.2) is 4.98 Å². The number of nitrogens with zero attached hydrogens (tertiary/aromatic N) is 2. The molecule has 0 aromatic carbocycles. The molecule has 1 aromatic rings. The SMILES string of the molecule is Nc1ccc(N2CCOC3CCCCC32)nc1. The predicted molar refractivity (Wildman–Crippen MR) is 68.0 cm³/mol.